The number of para-hydroxylation sites is 1. The number of benzene rings is 2. The summed E-state index contributed by atoms with van der Waals surface area (Å²) in [6, 6.07) is 20.0. The van der Waals surface area contributed by atoms with E-state index >= 15 is 0 Å². The van der Waals surface area contributed by atoms with Gasteiger partial charge in [0.2, 0.25) is 0 Å². The molecule has 2 aromatic rings. The Morgan fingerprint density at radius 2 is 1.27 bits per heavy atom. The highest BCUT2D eigenvalue weighted by Crippen LogP contribution is 2.10. The first-order chi connectivity index (χ1) is 6.95. The molecule has 15 heavy (non-hydrogen) atoms. The molecule has 0 saturated heterocycles. The Labute approximate surface area is 97.2 Å². The molecule has 2 rings (SSSR count). The predicted molar refractivity (Wildman–Crippen MR) is 67.6 cm³/mol. The largest absolute Gasteiger partial charge is 0.489 e. The molecule has 2 heteroatoms. The van der Waals surface area contributed by atoms with Gasteiger partial charge in [0.25, 0.3) is 0 Å². The van der Waals surface area contributed by atoms with Gasteiger partial charge in [-0.1, -0.05) is 48.5 Å². The summed E-state index contributed by atoms with van der Waals surface area (Å²) in [4.78, 5) is 0. The van der Waals surface area contributed by atoms with Gasteiger partial charge in [0.1, 0.15) is 12.4 Å². The third-order valence-corrected chi connectivity index (χ3v) is 1.99. The van der Waals surface area contributed by atoms with Crippen molar-refractivity contribution in [3.63, 3.8) is 0 Å². The summed E-state index contributed by atoms with van der Waals surface area (Å²) in [5.41, 5.74) is 1.19. The van der Waals surface area contributed by atoms with E-state index in [4.69, 9.17) is 4.74 Å². The lowest BCUT2D eigenvalue weighted by Gasteiger charge is -2.05. The first-order valence-electron chi connectivity index (χ1n) is 4.67. The maximum atomic E-state index is 5.59. The maximum absolute atomic E-state index is 5.59. The van der Waals surface area contributed by atoms with Crippen molar-refractivity contribution in [2.24, 2.45) is 0 Å². The van der Waals surface area contributed by atoms with Gasteiger partial charge in [0, 0.05) is 0 Å². The molecule has 0 heterocycles. The minimum absolute atomic E-state index is 0. The molecule has 78 valence electrons. The lowest BCUT2D eigenvalue weighted by Crippen LogP contribution is -1.94. The highest BCUT2D eigenvalue weighted by Gasteiger charge is 1.92. The molecule has 1 nitrogen and oxygen atoms in total. The third-order valence-electron chi connectivity index (χ3n) is 1.99. The van der Waals surface area contributed by atoms with E-state index < -0.39 is 0 Å². The van der Waals surface area contributed by atoms with E-state index in [1.807, 2.05) is 48.5 Å². The molecule has 0 radical (unpaired) electrons. The molecular weight excluding hydrogens is 204 g/mol. The molecule has 0 saturated carbocycles. The molecule has 0 bridgehead atoms. The quantitative estimate of drug-likeness (QED) is 0.767. The molecule has 0 aliphatic rings. The van der Waals surface area contributed by atoms with Crippen LogP contribution in [0, 0.1) is 0 Å². The van der Waals surface area contributed by atoms with Crippen LogP contribution in [0.2, 0.25) is 0 Å². The summed E-state index contributed by atoms with van der Waals surface area (Å²) in [5, 5.41) is 0. The van der Waals surface area contributed by atoms with E-state index in [1.165, 1.54) is 5.56 Å². The minimum atomic E-state index is 0. The van der Waals surface area contributed by atoms with Crippen molar-refractivity contribution in [3.05, 3.63) is 66.2 Å². The van der Waals surface area contributed by atoms with Crippen LogP contribution in [0.3, 0.4) is 0 Å². The summed E-state index contributed by atoms with van der Waals surface area (Å²) >= 11 is 0. The van der Waals surface area contributed by atoms with Crippen molar-refractivity contribution >= 4 is 13.5 Å². The molecule has 0 unspecified atom stereocenters. The van der Waals surface area contributed by atoms with Crippen LogP contribution in [0.4, 0.5) is 0 Å². The molecule has 0 N–H and O–H groups in total. The topological polar surface area (TPSA) is 9.23 Å². The van der Waals surface area contributed by atoms with Crippen molar-refractivity contribution in [3.8, 4) is 5.75 Å². The van der Waals surface area contributed by atoms with Crippen molar-refractivity contribution in [1.82, 2.24) is 0 Å². The van der Waals surface area contributed by atoms with Gasteiger partial charge in [-0.05, 0) is 17.7 Å². The highest BCUT2D eigenvalue weighted by atomic mass is 32.1. The Kier molecular flexibility index (Phi) is 4.78. The fraction of sp³-hybridized carbons (Fsp3) is 0.0769. The van der Waals surface area contributed by atoms with E-state index in [0.29, 0.717) is 6.61 Å². The van der Waals surface area contributed by atoms with Crippen LogP contribution < -0.4 is 4.74 Å². The lowest BCUT2D eigenvalue weighted by molar-refractivity contribution is 0.306. The van der Waals surface area contributed by atoms with E-state index in [-0.39, 0.29) is 13.5 Å². The monoisotopic (exact) mass is 218 g/mol. The summed E-state index contributed by atoms with van der Waals surface area (Å²) < 4.78 is 5.59. The second-order valence-corrected chi connectivity index (χ2v) is 3.09. The van der Waals surface area contributed by atoms with Crippen LogP contribution >= 0.6 is 13.5 Å². The van der Waals surface area contributed by atoms with Gasteiger partial charge in [-0.25, -0.2) is 0 Å². The maximum Gasteiger partial charge on any atom is 0.119 e. The Bertz CT molecular complexity index is 333. The number of ether oxygens (including phenoxy) is 1. The fourth-order valence-corrected chi connectivity index (χ4v) is 1.26. The van der Waals surface area contributed by atoms with Gasteiger partial charge in [-0.2, -0.15) is 13.5 Å². The number of hydrogen-bond donors (Lipinski definition) is 0. The van der Waals surface area contributed by atoms with E-state index in [2.05, 4.69) is 12.1 Å². The van der Waals surface area contributed by atoms with E-state index in [0.717, 1.165) is 5.75 Å². The molecule has 0 aliphatic heterocycles. The molecule has 0 atom stereocenters. The van der Waals surface area contributed by atoms with Gasteiger partial charge in [0.05, 0.1) is 0 Å². The normalized spacial score (nSPS) is 9.07. The second kappa shape index (κ2) is 6.14. The lowest BCUT2D eigenvalue weighted by atomic mass is 10.2. The summed E-state index contributed by atoms with van der Waals surface area (Å²) in [6.07, 6.45) is 0. The third kappa shape index (κ3) is 3.68. The molecule has 0 aromatic heterocycles. The van der Waals surface area contributed by atoms with Gasteiger partial charge < -0.3 is 4.74 Å². The number of rotatable bonds is 3. The average molecular weight is 218 g/mol. The fourth-order valence-electron chi connectivity index (χ4n) is 1.26. The zero-order valence-corrected chi connectivity index (χ0v) is 9.39. The predicted octanol–water partition coefficient (Wildman–Crippen LogP) is 3.38. The molecule has 0 amide bonds. The average Bonchev–Trinajstić information content (AvgIpc) is 2.29. The van der Waals surface area contributed by atoms with Crippen LogP contribution in [0.25, 0.3) is 0 Å². The van der Waals surface area contributed by atoms with Gasteiger partial charge in [-0.15, -0.1) is 0 Å². The molecule has 0 spiro atoms. The zero-order chi connectivity index (χ0) is 9.64. The van der Waals surface area contributed by atoms with Crippen LogP contribution in [-0.4, -0.2) is 0 Å². The van der Waals surface area contributed by atoms with E-state index in [1.54, 1.807) is 0 Å². The Hall–Kier alpha value is -1.41. The van der Waals surface area contributed by atoms with Crippen LogP contribution in [-0.2, 0) is 6.61 Å². The minimum Gasteiger partial charge on any atom is -0.489 e. The smallest absolute Gasteiger partial charge is 0.119 e. The van der Waals surface area contributed by atoms with Gasteiger partial charge in [0.15, 0.2) is 0 Å². The highest BCUT2D eigenvalue weighted by molar-refractivity contribution is 7.59. The molecule has 2 aromatic carbocycles. The standard InChI is InChI=1S/C13H12O.H2S/c1-3-7-12(8-4-1)11-14-13-9-5-2-6-10-13;/h1-10H,11H2;1H2. The first-order valence-corrected chi connectivity index (χ1v) is 4.67. The second-order valence-electron chi connectivity index (χ2n) is 3.09. The SMILES string of the molecule is S.c1ccc(COc2ccccc2)cc1. The molecule has 0 fully saturated rings. The first kappa shape index (κ1) is 11.7. The van der Waals surface area contributed by atoms with Crippen molar-refractivity contribution in [1.29, 1.82) is 0 Å². The van der Waals surface area contributed by atoms with Crippen molar-refractivity contribution < 1.29 is 4.74 Å². The Balaban J connectivity index is 0.00000112. The zero-order valence-electron chi connectivity index (χ0n) is 8.39. The Morgan fingerprint density at radius 3 is 1.87 bits per heavy atom. The summed E-state index contributed by atoms with van der Waals surface area (Å²) in [7, 11) is 0. The van der Waals surface area contributed by atoms with Gasteiger partial charge >= 0.3 is 0 Å². The summed E-state index contributed by atoms with van der Waals surface area (Å²) in [6.45, 7) is 0.630. The molecule has 0 aliphatic carbocycles. The molecular formula is C13H14OS. The Morgan fingerprint density at radius 1 is 0.733 bits per heavy atom. The van der Waals surface area contributed by atoms with Crippen molar-refractivity contribution in [2.75, 3.05) is 0 Å². The van der Waals surface area contributed by atoms with Crippen LogP contribution in [0.5, 0.6) is 5.75 Å². The number of hydrogen-bond acceptors (Lipinski definition) is 1. The summed E-state index contributed by atoms with van der Waals surface area (Å²) in [5.74, 6) is 0.913. The van der Waals surface area contributed by atoms with E-state index in [9.17, 15) is 0 Å². The van der Waals surface area contributed by atoms with Crippen LogP contribution in [0.1, 0.15) is 5.56 Å². The van der Waals surface area contributed by atoms with Crippen LogP contribution in [0.15, 0.2) is 60.7 Å². The van der Waals surface area contributed by atoms with Crippen molar-refractivity contribution in [2.45, 2.75) is 6.61 Å². The van der Waals surface area contributed by atoms with Gasteiger partial charge in [-0.3, -0.25) is 0 Å².